The number of carbonyl (C=O) groups is 3. The highest BCUT2D eigenvalue weighted by Gasteiger charge is 2.54. The molecule has 1 saturated carbocycles. The molecule has 0 aromatic heterocycles. The molecule has 3 aliphatic rings. The second-order valence-corrected chi connectivity index (χ2v) is 9.69. The molecule has 0 bridgehead atoms. The number of hydrogen-bond acceptors (Lipinski definition) is 5. The van der Waals surface area contributed by atoms with Crippen LogP contribution in [0.3, 0.4) is 0 Å². The third kappa shape index (κ3) is 4.50. The van der Waals surface area contributed by atoms with Gasteiger partial charge >= 0.3 is 12.1 Å². The summed E-state index contributed by atoms with van der Waals surface area (Å²) in [6.07, 6.45) is 2.21. The van der Waals surface area contributed by atoms with E-state index < -0.39 is 18.0 Å². The van der Waals surface area contributed by atoms with Gasteiger partial charge in [-0.3, -0.25) is 9.59 Å². The van der Waals surface area contributed by atoms with Gasteiger partial charge in [0, 0.05) is 31.0 Å². The van der Waals surface area contributed by atoms with Crippen molar-refractivity contribution >= 4 is 18.0 Å². The van der Waals surface area contributed by atoms with Crippen LogP contribution < -0.4 is 5.32 Å². The molecule has 1 aliphatic heterocycles. The lowest BCUT2D eigenvalue weighted by atomic mass is 9.63. The SMILES string of the molecule is O=C(NCCOCC(=O)N1CC(C(=O)O)C2(CCC2)C1)OCC1c2ccccc2-c2ccccc21. The van der Waals surface area contributed by atoms with E-state index in [9.17, 15) is 19.5 Å². The van der Waals surface area contributed by atoms with Crippen LogP contribution in [0.5, 0.6) is 0 Å². The fourth-order valence-electron chi connectivity index (χ4n) is 5.76. The summed E-state index contributed by atoms with van der Waals surface area (Å²) >= 11 is 0. The van der Waals surface area contributed by atoms with Crippen LogP contribution in [0.25, 0.3) is 11.1 Å². The first-order valence-electron chi connectivity index (χ1n) is 12.2. The Balaban J connectivity index is 1.03. The number of alkyl carbamates (subject to hydrolysis) is 1. The highest BCUT2D eigenvalue weighted by Crippen LogP contribution is 2.51. The minimum absolute atomic E-state index is 0.00364. The predicted octanol–water partition coefficient (Wildman–Crippen LogP) is 3.26. The Labute approximate surface area is 204 Å². The average Bonchev–Trinajstić information content (AvgIpc) is 3.40. The van der Waals surface area contributed by atoms with Crippen LogP contribution >= 0.6 is 0 Å². The Kier molecular flexibility index (Phi) is 6.47. The van der Waals surface area contributed by atoms with E-state index in [0.717, 1.165) is 30.4 Å². The molecule has 2 aromatic rings. The average molecular weight is 479 g/mol. The molecule has 35 heavy (non-hydrogen) atoms. The number of fused-ring (bicyclic) bond motifs is 3. The van der Waals surface area contributed by atoms with E-state index in [1.54, 1.807) is 4.90 Å². The van der Waals surface area contributed by atoms with Crippen molar-refractivity contribution in [3.05, 3.63) is 59.7 Å². The number of aliphatic carboxylic acids is 1. The minimum atomic E-state index is -0.826. The summed E-state index contributed by atoms with van der Waals surface area (Å²) in [6.45, 7) is 1.22. The normalized spacial score (nSPS) is 19.7. The van der Waals surface area contributed by atoms with E-state index in [-0.39, 0.29) is 50.2 Å². The van der Waals surface area contributed by atoms with E-state index in [4.69, 9.17) is 9.47 Å². The Morgan fingerprint density at radius 2 is 1.69 bits per heavy atom. The molecule has 2 N–H and O–H groups in total. The van der Waals surface area contributed by atoms with Crippen LogP contribution in [0.4, 0.5) is 4.79 Å². The van der Waals surface area contributed by atoms with Gasteiger partial charge in [-0.2, -0.15) is 0 Å². The molecular weight excluding hydrogens is 448 g/mol. The molecular formula is C27H30N2O6. The van der Waals surface area contributed by atoms with Crippen LogP contribution in [0.15, 0.2) is 48.5 Å². The van der Waals surface area contributed by atoms with Gasteiger partial charge in [0.15, 0.2) is 0 Å². The highest BCUT2D eigenvalue weighted by atomic mass is 16.5. The van der Waals surface area contributed by atoms with Crippen LogP contribution in [-0.2, 0) is 19.1 Å². The summed E-state index contributed by atoms with van der Waals surface area (Å²) < 4.78 is 10.9. The fourth-order valence-corrected chi connectivity index (χ4v) is 5.76. The quantitative estimate of drug-likeness (QED) is 0.565. The lowest BCUT2D eigenvalue weighted by Gasteiger charge is -2.40. The molecule has 1 unspecified atom stereocenters. The topological polar surface area (TPSA) is 105 Å². The zero-order valence-electron chi connectivity index (χ0n) is 19.6. The summed E-state index contributed by atoms with van der Waals surface area (Å²) in [4.78, 5) is 37.9. The molecule has 2 aliphatic carbocycles. The van der Waals surface area contributed by atoms with Gasteiger partial charge in [-0.1, -0.05) is 55.0 Å². The summed E-state index contributed by atoms with van der Waals surface area (Å²) in [5, 5.41) is 12.2. The monoisotopic (exact) mass is 478 g/mol. The van der Waals surface area contributed by atoms with Gasteiger partial charge in [0.05, 0.1) is 12.5 Å². The molecule has 1 spiro atoms. The molecule has 2 amide bonds. The van der Waals surface area contributed by atoms with Crippen molar-refractivity contribution < 1.29 is 29.0 Å². The maximum atomic E-state index is 12.5. The van der Waals surface area contributed by atoms with Gasteiger partial charge in [-0.05, 0) is 35.1 Å². The number of carbonyl (C=O) groups excluding carboxylic acids is 2. The first-order chi connectivity index (χ1) is 17.0. The number of hydrogen-bond donors (Lipinski definition) is 2. The number of carboxylic acids is 1. The van der Waals surface area contributed by atoms with Crippen LogP contribution in [0.2, 0.25) is 0 Å². The third-order valence-corrected chi connectivity index (χ3v) is 7.73. The summed E-state index contributed by atoms with van der Waals surface area (Å²) in [6, 6.07) is 16.3. The Hall–Kier alpha value is -3.39. The van der Waals surface area contributed by atoms with Gasteiger partial charge in [0.25, 0.3) is 0 Å². The minimum Gasteiger partial charge on any atom is -0.481 e. The largest absolute Gasteiger partial charge is 0.481 e. The Morgan fingerprint density at radius 3 is 2.26 bits per heavy atom. The zero-order valence-corrected chi connectivity index (χ0v) is 19.6. The summed E-state index contributed by atoms with van der Waals surface area (Å²) in [7, 11) is 0. The van der Waals surface area contributed by atoms with Crippen molar-refractivity contribution in [1.82, 2.24) is 10.2 Å². The molecule has 0 radical (unpaired) electrons. The van der Waals surface area contributed by atoms with Crippen LogP contribution in [0, 0.1) is 11.3 Å². The van der Waals surface area contributed by atoms with E-state index in [1.165, 1.54) is 11.1 Å². The summed E-state index contributed by atoms with van der Waals surface area (Å²) in [5.74, 6) is -1.53. The maximum absolute atomic E-state index is 12.5. The van der Waals surface area contributed by atoms with Crippen molar-refractivity contribution in [2.45, 2.75) is 25.2 Å². The lowest BCUT2D eigenvalue weighted by Crippen LogP contribution is -2.41. The second kappa shape index (κ2) is 9.70. The molecule has 1 heterocycles. The fraction of sp³-hybridized carbons (Fsp3) is 0.444. The number of ether oxygens (including phenoxy) is 2. The van der Waals surface area contributed by atoms with Crippen LogP contribution in [-0.4, -0.2) is 67.4 Å². The Bertz CT molecular complexity index is 1080. The van der Waals surface area contributed by atoms with E-state index >= 15 is 0 Å². The molecule has 1 atom stereocenters. The standard InChI is InChI=1S/C27H30N2O6/c30-24(29-14-23(25(31)32)27(17-29)10-5-11-27)16-34-13-12-28-26(33)35-15-22-20-8-3-1-6-18(20)19-7-2-4-9-21(19)22/h1-4,6-9,22-23H,5,10-17H2,(H,28,33)(H,31,32). The van der Waals surface area contributed by atoms with Crippen molar-refractivity contribution in [2.75, 3.05) is 39.5 Å². The van der Waals surface area contributed by atoms with Crippen molar-refractivity contribution in [2.24, 2.45) is 11.3 Å². The molecule has 8 heteroatoms. The van der Waals surface area contributed by atoms with E-state index in [1.807, 2.05) is 24.3 Å². The van der Waals surface area contributed by atoms with Gasteiger partial charge in [-0.25, -0.2) is 4.79 Å². The molecule has 2 aromatic carbocycles. The van der Waals surface area contributed by atoms with Crippen molar-refractivity contribution in [3.8, 4) is 11.1 Å². The summed E-state index contributed by atoms with van der Waals surface area (Å²) in [5.41, 5.74) is 4.39. The van der Waals surface area contributed by atoms with E-state index in [2.05, 4.69) is 29.6 Å². The predicted molar refractivity (Wildman–Crippen MR) is 128 cm³/mol. The number of likely N-dealkylation sites (tertiary alicyclic amines) is 1. The zero-order chi connectivity index (χ0) is 24.4. The first kappa shape index (κ1) is 23.4. The number of nitrogens with one attached hydrogen (secondary N) is 1. The number of nitrogens with zero attached hydrogens (tertiary/aromatic N) is 1. The first-order valence-corrected chi connectivity index (χ1v) is 12.2. The number of benzene rings is 2. The smallest absolute Gasteiger partial charge is 0.407 e. The van der Waals surface area contributed by atoms with Crippen LogP contribution in [0.1, 0.15) is 36.3 Å². The van der Waals surface area contributed by atoms with E-state index in [0.29, 0.717) is 6.54 Å². The number of rotatable bonds is 8. The second-order valence-electron chi connectivity index (χ2n) is 9.69. The third-order valence-electron chi connectivity index (χ3n) is 7.73. The Morgan fingerprint density at radius 1 is 1.03 bits per heavy atom. The lowest BCUT2D eigenvalue weighted by molar-refractivity contribution is -0.146. The molecule has 1 saturated heterocycles. The van der Waals surface area contributed by atoms with Crippen molar-refractivity contribution in [1.29, 1.82) is 0 Å². The number of carboxylic acid groups (broad SMARTS) is 1. The molecule has 2 fully saturated rings. The molecule has 8 nitrogen and oxygen atoms in total. The molecule has 5 rings (SSSR count). The van der Waals surface area contributed by atoms with Gasteiger partial charge in [0.1, 0.15) is 13.2 Å². The van der Waals surface area contributed by atoms with Crippen molar-refractivity contribution in [3.63, 3.8) is 0 Å². The maximum Gasteiger partial charge on any atom is 0.407 e. The van der Waals surface area contributed by atoms with Gasteiger partial charge in [0.2, 0.25) is 5.91 Å². The number of amides is 2. The molecule has 184 valence electrons. The highest BCUT2D eigenvalue weighted by molar-refractivity contribution is 5.81. The van der Waals surface area contributed by atoms with Gasteiger partial charge in [-0.15, -0.1) is 0 Å². The van der Waals surface area contributed by atoms with Gasteiger partial charge < -0.3 is 24.8 Å².